The van der Waals surface area contributed by atoms with Crippen LogP contribution in [-0.2, 0) is 6.42 Å². The summed E-state index contributed by atoms with van der Waals surface area (Å²) in [5.74, 6) is 0.380. The number of hydrogen-bond acceptors (Lipinski definition) is 1. The zero-order valence-electron chi connectivity index (χ0n) is 12.2. The van der Waals surface area contributed by atoms with Gasteiger partial charge >= 0.3 is 0 Å². The first-order valence-electron chi connectivity index (χ1n) is 7.76. The maximum atomic E-state index is 4.93. The van der Waals surface area contributed by atoms with Crippen LogP contribution in [0, 0.1) is 0 Å². The molecule has 1 heterocycles. The van der Waals surface area contributed by atoms with Crippen molar-refractivity contribution < 1.29 is 0 Å². The Balaban J connectivity index is 1.72. The first-order chi connectivity index (χ1) is 10.9. The van der Waals surface area contributed by atoms with Gasteiger partial charge in [0, 0.05) is 17.0 Å². The first kappa shape index (κ1) is 11.9. The predicted molar refractivity (Wildman–Crippen MR) is 91.2 cm³/mol. The van der Waals surface area contributed by atoms with Crippen LogP contribution in [0.4, 0.5) is 0 Å². The van der Waals surface area contributed by atoms with Crippen molar-refractivity contribution in [3.8, 4) is 0 Å². The molecule has 0 saturated carbocycles. The van der Waals surface area contributed by atoms with E-state index in [2.05, 4.69) is 72.8 Å². The molecule has 1 aliphatic rings. The summed E-state index contributed by atoms with van der Waals surface area (Å²) >= 11 is 0. The van der Waals surface area contributed by atoms with E-state index in [9.17, 15) is 0 Å². The smallest absolute Gasteiger partial charge is 0.0705 e. The molecule has 1 atom stereocenters. The second-order valence-electron chi connectivity index (χ2n) is 6.05. The van der Waals surface area contributed by atoms with Crippen LogP contribution < -0.4 is 0 Å². The lowest BCUT2D eigenvalue weighted by atomic mass is 9.95. The molecule has 0 N–H and O–H groups in total. The minimum atomic E-state index is 0.380. The third-order valence-corrected chi connectivity index (χ3v) is 4.80. The Kier molecular flexibility index (Phi) is 2.39. The third-order valence-electron chi connectivity index (χ3n) is 4.80. The van der Waals surface area contributed by atoms with Gasteiger partial charge in [-0.25, -0.2) is 0 Å². The second-order valence-corrected chi connectivity index (χ2v) is 6.05. The van der Waals surface area contributed by atoms with E-state index in [0.29, 0.717) is 5.92 Å². The van der Waals surface area contributed by atoms with Gasteiger partial charge in [-0.05, 0) is 40.5 Å². The van der Waals surface area contributed by atoms with Gasteiger partial charge in [-0.15, -0.1) is 0 Å². The lowest BCUT2D eigenvalue weighted by Crippen LogP contribution is -2.01. The van der Waals surface area contributed by atoms with Crippen molar-refractivity contribution in [2.45, 2.75) is 12.3 Å². The summed E-state index contributed by atoms with van der Waals surface area (Å²) in [5, 5.41) is 3.99. The number of fused-ring (bicyclic) bond motifs is 1. The van der Waals surface area contributed by atoms with Crippen LogP contribution in [0.5, 0.6) is 0 Å². The Morgan fingerprint density at radius 3 is 2.50 bits per heavy atom. The molecule has 4 aromatic rings. The molecule has 0 radical (unpaired) electrons. The monoisotopic (exact) mass is 281 g/mol. The van der Waals surface area contributed by atoms with E-state index < -0.39 is 0 Å². The van der Waals surface area contributed by atoms with Gasteiger partial charge in [0.05, 0.1) is 5.52 Å². The number of nitrogens with zero attached hydrogens (tertiary/aromatic N) is 1. The molecule has 1 nitrogen and oxygen atoms in total. The molecule has 1 unspecified atom stereocenters. The SMILES string of the molecule is c1ccc2nc(C3Cc4cccc5cccc3c45)ccc2c1. The quantitative estimate of drug-likeness (QED) is 0.474. The number of para-hydroxylation sites is 1. The molecule has 22 heavy (non-hydrogen) atoms. The van der Waals surface area contributed by atoms with Crippen molar-refractivity contribution in [1.29, 1.82) is 0 Å². The van der Waals surface area contributed by atoms with Crippen molar-refractivity contribution in [2.75, 3.05) is 0 Å². The summed E-state index contributed by atoms with van der Waals surface area (Å²) in [5.41, 5.74) is 5.15. The van der Waals surface area contributed by atoms with Crippen LogP contribution in [0.2, 0.25) is 0 Å². The fourth-order valence-electron chi connectivity index (χ4n) is 3.78. The summed E-state index contributed by atoms with van der Waals surface area (Å²) in [7, 11) is 0. The van der Waals surface area contributed by atoms with E-state index in [4.69, 9.17) is 4.98 Å². The highest BCUT2D eigenvalue weighted by Crippen LogP contribution is 2.41. The summed E-state index contributed by atoms with van der Waals surface area (Å²) in [6.45, 7) is 0. The second kappa shape index (κ2) is 4.41. The van der Waals surface area contributed by atoms with E-state index in [1.807, 2.05) is 0 Å². The van der Waals surface area contributed by atoms with E-state index in [1.165, 1.54) is 33.0 Å². The van der Waals surface area contributed by atoms with E-state index in [-0.39, 0.29) is 0 Å². The lowest BCUT2D eigenvalue weighted by Gasteiger charge is -2.12. The minimum Gasteiger partial charge on any atom is -0.252 e. The van der Waals surface area contributed by atoms with Crippen LogP contribution in [0.15, 0.2) is 72.8 Å². The molecular weight excluding hydrogens is 266 g/mol. The van der Waals surface area contributed by atoms with E-state index in [1.54, 1.807) is 0 Å². The molecular formula is C21H15N. The van der Waals surface area contributed by atoms with Crippen LogP contribution in [-0.4, -0.2) is 4.98 Å². The van der Waals surface area contributed by atoms with Crippen molar-refractivity contribution in [3.63, 3.8) is 0 Å². The van der Waals surface area contributed by atoms with Crippen molar-refractivity contribution in [3.05, 3.63) is 89.6 Å². The zero-order valence-corrected chi connectivity index (χ0v) is 12.2. The maximum Gasteiger partial charge on any atom is 0.0705 e. The van der Waals surface area contributed by atoms with E-state index >= 15 is 0 Å². The molecule has 104 valence electrons. The highest BCUT2D eigenvalue weighted by Gasteiger charge is 2.26. The van der Waals surface area contributed by atoms with Crippen molar-refractivity contribution >= 4 is 21.7 Å². The highest BCUT2D eigenvalue weighted by molar-refractivity contribution is 5.92. The van der Waals surface area contributed by atoms with Crippen LogP contribution in [0.3, 0.4) is 0 Å². The number of aromatic nitrogens is 1. The molecule has 5 rings (SSSR count). The molecule has 0 fully saturated rings. The normalized spacial score (nSPS) is 16.5. The first-order valence-corrected chi connectivity index (χ1v) is 7.76. The Morgan fingerprint density at radius 1 is 0.727 bits per heavy atom. The largest absolute Gasteiger partial charge is 0.252 e. The fourth-order valence-corrected chi connectivity index (χ4v) is 3.78. The number of rotatable bonds is 1. The molecule has 0 spiro atoms. The molecule has 1 aromatic heterocycles. The Morgan fingerprint density at radius 2 is 1.55 bits per heavy atom. The minimum absolute atomic E-state index is 0.380. The van der Waals surface area contributed by atoms with Gasteiger partial charge in [-0.3, -0.25) is 4.98 Å². The van der Waals surface area contributed by atoms with Crippen molar-refractivity contribution in [2.24, 2.45) is 0 Å². The topological polar surface area (TPSA) is 12.9 Å². The van der Waals surface area contributed by atoms with Gasteiger partial charge in [0.15, 0.2) is 0 Å². The maximum absolute atomic E-state index is 4.93. The zero-order chi connectivity index (χ0) is 14.5. The highest BCUT2D eigenvalue weighted by atomic mass is 14.7. The standard InChI is InChI=1S/C21H15N/c1-2-10-19-14(5-1)11-12-20(22-19)18-13-16-8-3-6-15-7-4-9-17(18)21(15)16/h1-12,18H,13H2. The molecule has 1 heteroatoms. The summed E-state index contributed by atoms with van der Waals surface area (Å²) in [6.07, 6.45) is 1.06. The Labute approximate surface area is 129 Å². The summed E-state index contributed by atoms with van der Waals surface area (Å²) in [4.78, 5) is 4.93. The summed E-state index contributed by atoms with van der Waals surface area (Å²) < 4.78 is 0. The average Bonchev–Trinajstić information content (AvgIpc) is 2.96. The average molecular weight is 281 g/mol. The molecule has 0 amide bonds. The Hall–Kier alpha value is -2.67. The van der Waals surface area contributed by atoms with Gasteiger partial charge in [0.2, 0.25) is 0 Å². The molecule has 0 saturated heterocycles. The number of hydrogen-bond donors (Lipinski definition) is 0. The van der Waals surface area contributed by atoms with Gasteiger partial charge in [-0.1, -0.05) is 60.7 Å². The number of benzene rings is 3. The predicted octanol–water partition coefficient (Wildman–Crippen LogP) is 5.08. The van der Waals surface area contributed by atoms with Crippen LogP contribution >= 0.6 is 0 Å². The van der Waals surface area contributed by atoms with Gasteiger partial charge in [0.1, 0.15) is 0 Å². The van der Waals surface area contributed by atoms with Crippen LogP contribution in [0.1, 0.15) is 22.7 Å². The fraction of sp³-hybridized carbons (Fsp3) is 0.0952. The summed E-state index contributed by atoms with van der Waals surface area (Å²) in [6, 6.07) is 26.0. The molecule has 3 aromatic carbocycles. The lowest BCUT2D eigenvalue weighted by molar-refractivity contribution is 0.816. The Bertz CT molecular complexity index is 1010. The number of pyridine rings is 1. The van der Waals surface area contributed by atoms with Crippen LogP contribution in [0.25, 0.3) is 21.7 Å². The third kappa shape index (κ3) is 1.62. The van der Waals surface area contributed by atoms with E-state index in [0.717, 1.165) is 11.9 Å². The van der Waals surface area contributed by atoms with Gasteiger partial charge in [0.25, 0.3) is 0 Å². The molecule has 1 aliphatic carbocycles. The van der Waals surface area contributed by atoms with Crippen molar-refractivity contribution in [1.82, 2.24) is 4.98 Å². The molecule has 0 bridgehead atoms. The van der Waals surface area contributed by atoms with Gasteiger partial charge < -0.3 is 0 Å². The van der Waals surface area contributed by atoms with Gasteiger partial charge in [-0.2, -0.15) is 0 Å². The molecule has 0 aliphatic heterocycles.